The smallest absolute Gasteiger partial charge is 0.0438 e. The molecule has 0 fully saturated rings. The van der Waals surface area contributed by atoms with Crippen LogP contribution in [-0.2, 0) is 6.42 Å². The zero-order valence-corrected chi connectivity index (χ0v) is 12.0. The zero-order valence-electron chi connectivity index (χ0n) is 9.68. The van der Waals surface area contributed by atoms with Crippen LogP contribution in [0.5, 0.6) is 0 Å². The third kappa shape index (κ3) is 5.18. The molecule has 0 unspecified atom stereocenters. The summed E-state index contributed by atoms with van der Waals surface area (Å²) >= 11 is 9.58. The number of hydrogen-bond donors (Lipinski definition) is 0. The molecule has 0 heterocycles. The fraction of sp³-hybridized carbons (Fsp3) is 0.429. The highest BCUT2D eigenvalue weighted by molar-refractivity contribution is 9.10. The van der Waals surface area contributed by atoms with Crippen molar-refractivity contribution in [2.75, 3.05) is 0 Å². The number of benzene rings is 1. The van der Waals surface area contributed by atoms with Gasteiger partial charge in [0.25, 0.3) is 0 Å². The lowest BCUT2D eigenvalue weighted by atomic mass is 10.1. The van der Waals surface area contributed by atoms with Gasteiger partial charge in [-0.1, -0.05) is 59.4 Å². The Labute approximate surface area is 112 Å². The lowest BCUT2D eigenvalue weighted by molar-refractivity contribution is 0.811. The van der Waals surface area contributed by atoms with Crippen LogP contribution in [0.25, 0.3) is 0 Å². The highest BCUT2D eigenvalue weighted by atomic mass is 79.9. The van der Waals surface area contributed by atoms with E-state index in [0.29, 0.717) is 0 Å². The molecule has 1 aromatic carbocycles. The standard InChI is InChI=1S/C14H18BrCl/c1-2-3-4-5-6-7-8-12-11-13(15)9-10-14(12)16/h5-6,9-11H,2-4,7-8H2,1H3. The topological polar surface area (TPSA) is 0 Å². The van der Waals surface area contributed by atoms with E-state index in [1.165, 1.54) is 24.8 Å². The van der Waals surface area contributed by atoms with E-state index in [4.69, 9.17) is 11.6 Å². The van der Waals surface area contributed by atoms with Gasteiger partial charge in [0.1, 0.15) is 0 Å². The van der Waals surface area contributed by atoms with Crippen LogP contribution >= 0.6 is 27.5 Å². The van der Waals surface area contributed by atoms with E-state index in [1.807, 2.05) is 12.1 Å². The van der Waals surface area contributed by atoms with Crippen molar-refractivity contribution in [1.82, 2.24) is 0 Å². The van der Waals surface area contributed by atoms with Gasteiger partial charge in [-0.15, -0.1) is 0 Å². The average Bonchev–Trinajstić information content (AvgIpc) is 2.28. The average molecular weight is 302 g/mol. The van der Waals surface area contributed by atoms with Crippen LogP contribution < -0.4 is 0 Å². The van der Waals surface area contributed by atoms with Gasteiger partial charge >= 0.3 is 0 Å². The summed E-state index contributed by atoms with van der Waals surface area (Å²) in [5, 5.41) is 0.866. The second kappa shape index (κ2) is 7.92. The molecular formula is C14H18BrCl. The van der Waals surface area contributed by atoms with Gasteiger partial charge in [0.2, 0.25) is 0 Å². The van der Waals surface area contributed by atoms with E-state index in [-0.39, 0.29) is 0 Å². The largest absolute Gasteiger partial charge is 0.0885 e. The normalized spacial score (nSPS) is 11.2. The molecule has 0 atom stereocenters. The Hall–Kier alpha value is -0.270. The number of aryl methyl sites for hydroxylation is 1. The molecule has 1 aromatic rings. The Morgan fingerprint density at radius 2 is 2.00 bits per heavy atom. The molecule has 0 spiro atoms. The van der Waals surface area contributed by atoms with Crippen molar-refractivity contribution in [2.24, 2.45) is 0 Å². The molecule has 2 heteroatoms. The minimum absolute atomic E-state index is 0.866. The van der Waals surface area contributed by atoms with Gasteiger partial charge in [-0.25, -0.2) is 0 Å². The van der Waals surface area contributed by atoms with Crippen LogP contribution in [0, 0.1) is 0 Å². The molecule has 1 rings (SSSR count). The van der Waals surface area contributed by atoms with E-state index < -0.39 is 0 Å². The quantitative estimate of drug-likeness (QED) is 0.461. The Balaban J connectivity index is 2.36. The fourth-order valence-corrected chi connectivity index (χ4v) is 2.15. The summed E-state index contributed by atoms with van der Waals surface area (Å²) in [6.45, 7) is 2.22. The number of halogens is 2. The summed E-state index contributed by atoms with van der Waals surface area (Å²) < 4.78 is 1.10. The van der Waals surface area contributed by atoms with Gasteiger partial charge in [-0.05, 0) is 43.0 Å². The summed E-state index contributed by atoms with van der Waals surface area (Å²) in [4.78, 5) is 0. The molecule has 0 radical (unpaired) electrons. The summed E-state index contributed by atoms with van der Waals surface area (Å²) in [5.74, 6) is 0. The van der Waals surface area contributed by atoms with Crippen LogP contribution in [0.1, 0.15) is 38.2 Å². The van der Waals surface area contributed by atoms with Crippen molar-refractivity contribution in [3.8, 4) is 0 Å². The first-order valence-corrected chi connectivity index (χ1v) is 7.00. The van der Waals surface area contributed by atoms with Crippen LogP contribution in [0.3, 0.4) is 0 Å². The van der Waals surface area contributed by atoms with Crippen molar-refractivity contribution < 1.29 is 0 Å². The zero-order chi connectivity index (χ0) is 11.8. The lowest BCUT2D eigenvalue weighted by Crippen LogP contribution is -1.85. The van der Waals surface area contributed by atoms with E-state index in [9.17, 15) is 0 Å². The van der Waals surface area contributed by atoms with Gasteiger partial charge in [0, 0.05) is 9.50 Å². The maximum atomic E-state index is 6.11. The molecule has 88 valence electrons. The first kappa shape index (κ1) is 13.8. The summed E-state index contributed by atoms with van der Waals surface area (Å²) in [6.07, 6.45) is 10.4. The molecule has 0 nitrogen and oxygen atoms in total. The Morgan fingerprint density at radius 1 is 1.25 bits per heavy atom. The van der Waals surface area contributed by atoms with E-state index in [2.05, 4.69) is 41.1 Å². The number of unbranched alkanes of at least 4 members (excludes halogenated alkanes) is 2. The van der Waals surface area contributed by atoms with Crippen molar-refractivity contribution in [3.05, 3.63) is 45.4 Å². The van der Waals surface area contributed by atoms with Gasteiger partial charge < -0.3 is 0 Å². The SMILES string of the molecule is CCCCC=CCCc1cc(Br)ccc1Cl. The molecule has 0 bridgehead atoms. The second-order valence-electron chi connectivity index (χ2n) is 3.89. The number of hydrogen-bond acceptors (Lipinski definition) is 0. The molecule has 0 amide bonds. The Kier molecular flexibility index (Phi) is 6.82. The number of allylic oxidation sites excluding steroid dienone is 2. The third-order valence-electron chi connectivity index (χ3n) is 2.48. The molecule has 0 aliphatic rings. The predicted octanol–water partition coefficient (Wildman–Crippen LogP) is 5.78. The van der Waals surface area contributed by atoms with Crippen molar-refractivity contribution in [2.45, 2.75) is 39.0 Å². The molecule has 0 aromatic heterocycles. The molecule has 0 aliphatic heterocycles. The van der Waals surface area contributed by atoms with Crippen LogP contribution in [0.4, 0.5) is 0 Å². The van der Waals surface area contributed by atoms with E-state index in [0.717, 1.165) is 22.3 Å². The Morgan fingerprint density at radius 3 is 2.75 bits per heavy atom. The summed E-state index contributed by atoms with van der Waals surface area (Å²) in [6, 6.07) is 6.02. The monoisotopic (exact) mass is 300 g/mol. The number of rotatable bonds is 6. The second-order valence-corrected chi connectivity index (χ2v) is 5.21. The van der Waals surface area contributed by atoms with Crippen LogP contribution in [-0.4, -0.2) is 0 Å². The molecular weight excluding hydrogens is 284 g/mol. The Bertz CT molecular complexity index is 345. The maximum absolute atomic E-state index is 6.11. The van der Waals surface area contributed by atoms with Crippen molar-refractivity contribution in [1.29, 1.82) is 0 Å². The molecule has 0 saturated carbocycles. The van der Waals surface area contributed by atoms with Gasteiger partial charge in [0.05, 0.1) is 0 Å². The molecule has 0 N–H and O–H groups in total. The fourth-order valence-electron chi connectivity index (χ4n) is 1.53. The minimum atomic E-state index is 0.866. The maximum Gasteiger partial charge on any atom is 0.0438 e. The third-order valence-corrected chi connectivity index (χ3v) is 3.34. The lowest BCUT2D eigenvalue weighted by Gasteiger charge is -2.02. The van der Waals surface area contributed by atoms with Crippen LogP contribution in [0.2, 0.25) is 5.02 Å². The van der Waals surface area contributed by atoms with Crippen LogP contribution in [0.15, 0.2) is 34.8 Å². The van der Waals surface area contributed by atoms with Crippen molar-refractivity contribution >= 4 is 27.5 Å². The minimum Gasteiger partial charge on any atom is -0.0885 e. The predicted molar refractivity (Wildman–Crippen MR) is 76.1 cm³/mol. The highest BCUT2D eigenvalue weighted by Gasteiger charge is 1.99. The summed E-state index contributed by atoms with van der Waals surface area (Å²) in [7, 11) is 0. The molecule has 0 aliphatic carbocycles. The van der Waals surface area contributed by atoms with Gasteiger partial charge in [0.15, 0.2) is 0 Å². The molecule has 16 heavy (non-hydrogen) atoms. The highest BCUT2D eigenvalue weighted by Crippen LogP contribution is 2.22. The van der Waals surface area contributed by atoms with E-state index in [1.54, 1.807) is 0 Å². The molecule has 0 saturated heterocycles. The van der Waals surface area contributed by atoms with Gasteiger partial charge in [-0.2, -0.15) is 0 Å². The first-order chi connectivity index (χ1) is 7.74. The van der Waals surface area contributed by atoms with E-state index >= 15 is 0 Å². The first-order valence-electron chi connectivity index (χ1n) is 5.83. The van der Waals surface area contributed by atoms with Crippen molar-refractivity contribution in [3.63, 3.8) is 0 Å². The van der Waals surface area contributed by atoms with Gasteiger partial charge in [-0.3, -0.25) is 0 Å². The summed E-state index contributed by atoms with van der Waals surface area (Å²) in [5.41, 5.74) is 1.22.